The fourth-order valence-electron chi connectivity index (χ4n) is 1.88. The molecule has 0 bridgehead atoms. The minimum atomic E-state index is -0.922. The van der Waals surface area contributed by atoms with Crippen LogP contribution in [0.4, 0.5) is 5.95 Å². The van der Waals surface area contributed by atoms with Crippen molar-refractivity contribution in [1.29, 1.82) is 0 Å². The lowest BCUT2D eigenvalue weighted by Crippen LogP contribution is -2.30. The summed E-state index contributed by atoms with van der Waals surface area (Å²) in [6.45, 7) is 0. The predicted octanol–water partition coefficient (Wildman–Crippen LogP) is 0.723. The Morgan fingerprint density at radius 1 is 1.33 bits per heavy atom. The van der Waals surface area contributed by atoms with E-state index in [0.29, 0.717) is 0 Å². The molecule has 1 aromatic carbocycles. The van der Waals surface area contributed by atoms with Gasteiger partial charge in [0.05, 0.1) is 6.04 Å². The molecule has 0 spiro atoms. The summed E-state index contributed by atoms with van der Waals surface area (Å²) in [5, 5.41) is 17.5. The van der Waals surface area contributed by atoms with E-state index in [0.717, 1.165) is 5.56 Å². The zero-order valence-electron chi connectivity index (χ0n) is 11.1. The summed E-state index contributed by atoms with van der Waals surface area (Å²) in [5.41, 5.74) is 6.16. The van der Waals surface area contributed by atoms with Gasteiger partial charge in [-0.2, -0.15) is 4.98 Å². The average Bonchev–Trinajstić information content (AvgIpc) is 2.90. The molecule has 1 unspecified atom stereocenters. The minimum absolute atomic E-state index is 0.0104. The molecule has 1 aromatic heterocycles. The fourth-order valence-corrected chi connectivity index (χ4v) is 1.88. The number of aromatic nitrogens is 3. The molecule has 1 atom stereocenters. The van der Waals surface area contributed by atoms with Crippen molar-refractivity contribution in [1.82, 2.24) is 20.5 Å². The van der Waals surface area contributed by atoms with E-state index in [1.165, 1.54) is 0 Å². The largest absolute Gasteiger partial charge is 0.481 e. The van der Waals surface area contributed by atoms with Crippen molar-refractivity contribution in [3.63, 3.8) is 0 Å². The average molecular weight is 289 g/mol. The number of carboxylic acid groups (broad SMARTS) is 1. The van der Waals surface area contributed by atoms with Gasteiger partial charge in [0.15, 0.2) is 0 Å². The fraction of sp³-hybridized carbons (Fsp3) is 0.231. The number of nitrogens with two attached hydrogens (primary N) is 1. The lowest BCUT2D eigenvalue weighted by molar-refractivity contribution is -0.137. The summed E-state index contributed by atoms with van der Waals surface area (Å²) in [4.78, 5) is 26.5. The lowest BCUT2D eigenvalue weighted by Gasteiger charge is -2.17. The number of nitrogen functional groups attached to an aromatic ring is 1. The van der Waals surface area contributed by atoms with Crippen molar-refractivity contribution in [2.24, 2.45) is 0 Å². The van der Waals surface area contributed by atoms with Crippen LogP contribution in [0.2, 0.25) is 0 Å². The maximum atomic E-state index is 12.0. The number of aromatic amines is 1. The van der Waals surface area contributed by atoms with Gasteiger partial charge in [0.2, 0.25) is 11.8 Å². The summed E-state index contributed by atoms with van der Waals surface area (Å²) in [6, 6.07) is 8.70. The van der Waals surface area contributed by atoms with Crippen molar-refractivity contribution in [2.45, 2.75) is 18.9 Å². The second kappa shape index (κ2) is 6.51. The number of carbonyl (C=O) groups excluding carboxylic acids is 1. The normalized spacial score (nSPS) is 11.8. The van der Waals surface area contributed by atoms with Crippen LogP contribution >= 0.6 is 0 Å². The number of carboxylic acids is 1. The van der Waals surface area contributed by atoms with Crippen LogP contribution in [-0.4, -0.2) is 32.2 Å². The van der Waals surface area contributed by atoms with Gasteiger partial charge in [0, 0.05) is 6.42 Å². The van der Waals surface area contributed by atoms with Gasteiger partial charge in [0.1, 0.15) is 0 Å². The molecule has 8 heteroatoms. The molecule has 0 saturated carbocycles. The second-order valence-electron chi connectivity index (χ2n) is 4.41. The Morgan fingerprint density at radius 3 is 2.62 bits per heavy atom. The monoisotopic (exact) mass is 289 g/mol. The number of amides is 1. The van der Waals surface area contributed by atoms with Crippen molar-refractivity contribution >= 4 is 17.8 Å². The first kappa shape index (κ1) is 14.5. The number of H-pyrrole nitrogens is 1. The van der Waals surface area contributed by atoms with Crippen molar-refractivity contribution in [3.05, 3.63) is 41.7 Å². The smallest absolute Gasteiger partial charge is 0.303 e. The van der Waals surface area contributed by atoms with Crippen molar-refractivity contribution in [2.75, 3.05) is 5.73 Å². The zero-order chi connectivity index (χ0) is 15.2. The molecule has 0 aliphatic carbocycles. The third kappa shape index (κ3) is 4.03. The number of nitrogens with zero attached hydrogens (tertiary/aromatic N) is 2. The summed E-state index contributed by atoms with van der Waals surface area (Å²) in [5.74, 6) is -1.45. The molecule has 1 amide bonds. The van der Waals surface area contributed by atoms with Crippen LogP contribution in [-0.2, 0) is 4.79 Å². The Bertz CT molecular complexity index is 626. The molecule has 5 N–H and O–H groups in total. The summed E-state index contributed by atoms with van der Waals surface area (Å²) in [7, 11) is 0. The van der Waals surface area contributed by atoms with Crippen LogP contribution in [0.1, 0.15) is 35.1 Å². The lowest BCUT2D eigenvalue weighted by atomic mass is 10.0. The number of nitrogens with one attached hydrogen (secondary N) is 2. The van der Waals surface area contributed by atoms with Crippen LogP contribution in [0, 0.1) is 0 Å². The van der Waals surface area contributed by atoms with Crippen LogP contribution in [0.15, 0.2) is 30.3 Å². The Balaban J connectivity index is 2.12. The third-order valence-electron chi connectivity index (χ3n) is 2.87. The number of hydrogen-bond acceptors (Lipinski definition) is 5. The highest BCUT2D eigenvalue weighted by Crippen LogP contribution is 2.18. The van der Waals surface area contributed by atoms with Gasteiger partial charge in [-0.15, -0.1) is 5.10 Å². The van der Waals surface area contributed by atoms with Gasteiger partial charge in [-0.25, -0.2) is 0 Å². The molecule has 0 fully saturated rings. The van der Waals surface area contributed by atoms with E-state index in [2.05, 4.69) is 20.5 Å². The topological polar surface area (TPSA) is 134 Å². The quantitative estimate of drug-likeness (QED) is 0.619. The van der Waals surface area contributed by atoms with E-state index in [1.807, 2.05) is 30.3 Å². The molecule has 0 saturated heterocycles. The van der Waals surface area contributed by atoms with E-state index in [9.17, 15) is 9.59 Å². The molecule has 0 aliphatic heterocycles. The van der Waals surface area contributed by atoms with E-state index < -0.39 is 17.9 Å². The second-order valence-corrected chi connectivity index (χ2v) is 4.41. The molecule has 0 radical (unpaired) electrons. The first-order valence-corrected chi connectivity index (χ1v) is 6.31. The maximum absolute atomic E-state index is 12.0. The molecule has 21 heavy (non-hydrogen) atoms. The third-order valence-corrected chi connectivity index (χ3v) is 2.87. The SMILES string of the molecule is Nc1n[nH]c(C(=O)NC(CCC(=O)O)c2ccccc2)n1. The van der Waals surface area contributed by atoms with Gasteiger partial charge in [0.25, 0.3) is 5.91 Å². The number of carbonyl (C=O) groups is 2. The molecule has 2 rings (SSSR count). The van der Waals surface area contributed by atoms with Crippen LogP contribution < -0.4 is 11.1 Å². The summed E-state index contributed by atoms with van der Waals surface area (Å²) < 4.78 is 0. The molecule has 1 heterocycles. The highest BCUT2D eigenvalue weighted by Gasteiger charge is 2.19. The van der Waals surface area contributed by atoms with E-state index in [1.54, 1.807) is 0 Å². The molecular weight excluding hydrogens is 274 g/mol. The maximum Gasteiger partial charge on any atom is 0.303 e. The van der Waals surface area contributed by atoms with Gasteiger partial charge in [-0.05, 0) is 12.0 Å². The highest BCUT2D eigenvalue weighted by molar-refractivity contribution is 5.90. The Hall–Kier alpha value is -2.90. The molecule has 0 aliphatic rings. The first-order valence-electron chi connectivity index (χ1n) is 6.31. The van der Waals surface area contributed by atoms with Gasteiger partial charge >= 0.3 is 5.97 Å². The van der Waals surface area contributed by atoms with Crippen LogP contribution in [0.25, 0.3) is 0 Å². The first-order chi connectivity index (χ1) is 10.1. The zero-order valence-corrected chi connectivity index (χ0v) is 11.1. The standard InChI is InChI=1S/C13H15N5O3/c14-13-16-11(17-18-13)12(21)15-9(6-7-10(19)20)8-4-2-1-3-5-8/h1-5,9H,6-7H2,(H,15,21)(H,19,20)(H3,14,16,17,18). The van der Waals surface area contributed by atoms with Gasteiger partial charge < -0.3 is 16.2 Å². The number of hydrogen-bond donors (Lipinski definition) is 4. The summed E-state index contributed by atoms with van der Waals surface area (Å²) >= 11 is 0. The molecule has 8 nitrogen and oxygen atoms in total. The minimum Gasteiger partial charge on any atom is -0.481 e. The molecule has 110 valence electrons. The van der Waals surface area contributed by atoms with Crippen LogP contribution in [0.3, 0.4) is 0 Å². The van der Waals surface area contributed by atoms with E-state index in [-0.39, 0.29) is 24.6 Å². The van der Waals surface area contributed by atoms with Crippen LogP contribution in [0.5, 0.6) is 0 Å². The Morgan fingerprint density at radius 2 is 2.05 bits per heavy atom. The molecule has 2 aromatic rings. The number of benzene rings is 1. The summed E-state index contributed by atoms with van der Waals surface area (Å²) in [6.07, 6.45) is 0.215. The van der Waals surface area contributed by atoms with Gasteiger partial charge in [-0.3, -0.25) is 14.7 Å². The Kier molecular flexibility index (Phi) is 4.50. The van der Waals surface area contributed by atoms with Crippen molar-refractivity contribution < 1.29 is 14.7 Å². The van der Waals surface area contributed by atoms with E-state index >= 15 is 0 Å². The number of rotatable bonds is 6. The predicted molar refractivity (Wildman–Crippen MR) is 74.3 cm³/mol. The Labute approximate surface area is 120 Å². The molecular formula is C13H15N5O3. The van der Waals surface area contributed by atoms with Gasteiger partial charge in [-0.1, -0.05) is 30.3 Å². The number of anilines is 1. The number of aliphatic carboxylic acids is 1. The van der Waals surface area contributed by atoms with Crippen molar-refractivity contribution in [3.8, 4) is 0 Å². The van der Waals surface area contributed by atoms with E-state index in [4.69, 9.17) is 10.8 Å². The highest BCUT2D eigenvalue weighted by atomic mass is 16.4.